The van der Waals surface area contributed by atoms with Gasteiger partial charge in [0.15, 0.2) is 18.1 Å². The zero-order valence-corrected chi connectivity index (χ0v) is 22.8. The van der Waals surface area contributed by atoms with Crippen LogP contribution in [-0.4, -0.2) is 37.9 Å². The molecule has 7 nitrogen and oxygen atoms in total. The Morgan fingerprint density at radius 1 is 0.947 bits per heavy atom. The maximum Gasteiger partial charge on any atom is 0.344 e. The predicted octanol–water partition coefficient (Wildman–Crippen LogP) is 6.75. The quantitative estimate of drug-likeness (QED) is 0.230. The summed E-state index contributed by atoms with van der Waals surface area (Å²) in [5, 5.41) is 3.77. The average Bonchev–Trinajstić information content (AvgIpc) is 3.24. The smallest absolute Gasteiger partial charge is 0.344 e. The number of aliphatic imine (C=N–C) groups is 1. The lowest BCUT2D eigenvalue weighted by Crippen LogP contribution is -2.15. The number of amides is 1. The molecule has 0 saturated carbocycles. The molecule has 1 aromatic heterocycles. The number of carbonyl (C=O) groups is 2. The highest BCUT2D eigenvalue weighted by molar-refractivity contribution is 7.16. The molecular weight excluding hydrogens is 500 g/mol. The van der Waals surface area contributed by atoms with Gasteiger partial charge in [0.05, 0.1) is 18.8 Å². The van der Waals surface area contributed by atoms with Gasteiger partial charge in [0.2, 0.25) is 0 Å². The molecule has 4 rings (SSSR count). The summed E-state index contributed by atoms with van der Waals surface area (Å²) in [6.07, 6.45) is 8.20. The molecule has 1 N–H and O–H groups in total. The minimum Gasteiger partial charge on any atom is -0.490 e. The molecule has 2 aromatic carbocycles. The van der Waals surface area contributed by atoms with E-state index in [4.69, 9.17) is 19.2 Å². The number of ether oxygens (including phenoxy) is 3. The first kappa shape index (κ1) is 27.4. The topological polar surface area (TPSA) is 86.2 Å². The third-order valence-corrected chi connectivity index (χ3v) is 7.36. The molecule has 1 amide bonds. The van der Waals surface area contributed by atoms with E-state index in [2.05, 4.69) is 5.32 Å². The normalized spacial score (nSPS) is 13.3. The number of hydrogen-bond donors (Lipinski definition) is 1. The number of anilines is 1. The second kappa shape index (κ2) is 13.8. The number of carbonyl (C=O) groups excluding carboxylic acids is 2. The number of nitrogens with zero attached hydrogens (tertiary/aromatic N) is 1. The second-order valence-electron chi connectivity index (χ2n) is 8.91. The van der Waals surface area contributed by atoms with Crippen LogP contribution in [0.3, 0.4) is 0 Å². The Morgan fingerprint density at radius 2 is 1.74 bits per heavy atom. The molecule has 0 unspecified atom stereocenters. The molecule has 0 spiro atoms. The van der Waals surface area contributed by atoms with Gasteiger partial charge in [0.1, 0.15) is 5.00 Å². The summed E-state index contributed by atoms with van der Waals surface area (Å²) in [5.74, 6) is 0.412. The molecule has 3 aromatic rings. The molecule has 0 atom stereocenters. The molecule has 0 aliphatic heterocycles. The van der Waals surface area contributed by atoms with Crippen LogP contribution in [-0.2, 0) is 22.4 Å². The van der Waals surface area contributed by atoms with E-state index < -0.39 is 5.97 Å². The van der Waals surface area contributed by atoms with Crippen LogP contribution in [0.25, 0.3) is 0 Å². The minimum absolute atomic E-state index is 0.126. The summed E-state index contributed by atoms with van der Waals surface area (Å²) in [4.78, 5) is 31.2. The lowest BCUT2D eigenvalue weighted by atomic mass is 9.96. The van der Waals surface area contributed by atoms with Gasteiger partial charge < -0.3 is 19.5 Å². The molecular formula is C30H34N2O5S. The van der Waals surface area contributed by atoms with Crippen LogP contribution in [0.1, 0.15) is 65.9 Å². The number of benzene rings is 2. The van der Waals surface area contributed by atoms with Crippen LogP contribution in [0.15, 0.2) is 53.5 Å². The molecule has 1 heterocycles. The van der Waals surface area contributed by atoms with E-state index >= 15 is 0 Å². The maximum absolute atomic E-state index is 13.5. The van der Waals surface area contributed by atoms with Gasteiger partial charge >= 0.3 is 5.97 Å². The molecule has 8 heteroatoms. The van der Waals surface area contributed by atoms with Crippen LogP contribution < -0.4 is 14.8 Å². The number of nitrogens with one attached hydrogen (secondary N) is 1. The highest BCUT2D eigenvalue weighted by atomic mass is 32.1. The van der Waals surface area contributed by atoms with Gasteiger partial charge in [-0.2, -0.15) is 0 Å². The largest absolute Gasteiger partial charge is 0.490 e. The van der Waals surface area contributed by atoms with Gasteiger partial charge in [-0.3, -0.25) is 4.79 Å². The average molecular weight is 535 g/mol. The Kier molecular flexibility index (Phi) is 9.92. The first-order valence-electron chi connectivity index (χ1n) is 13.2. The molecule has 1 aliphatic carbocycles. The van der Waals surface area contributed by atoms with Crippen LogP contribution in [0.2, 0.25) is 0 Å². The van der Waals surface area contributed by atoms with Gasteiger partial charge in [-0.05, 0) is 81.0 Å². The molecule has 0 radical (unpaired) electrons. The van der Waals surface area contributed by atoms with E-state index in [1.807, 2.05) is 49.4 Å². The monoisotopic (exact) mass is 534 g/mol. The fourth-order valence-corrected chi connectivity index (χ4v) is 5.64. The molecule has 38 heavy (non-hydrogen) atoms. The van der Waals surface area contributed by atoms with Gasteiger partial charge in [0.25, 0.3) is 5.91 Å². The summed E-state index contributed by atoms with van der Waals surface area (Å²) < 4.78 is 16.3. The van der Waals surface area contributed by atoms with Gasteiger partial charge in [-0.25, -0.2) is 9.79 Å². The van der Waals surface area contributed by atoms with Crippen molar-refractivity contribution in [3.05, 3.63) is 70.1 Å². The fourth-order valence-electron chi connectivity index (χ4n) is 4.41. The van der Waals surface area contributed by atoms with E-state index in [1.54, 1.807) is 30.5 Å². The molecule has 0 saturated heterocycles. The van der Waals surface area contributed by atoms with Crippen LogP contribution >= 0.6 is 11.3 Å². The van der Waals surface area contributed by atoms with Crippen molar-refractivity contribution in [2.75, 3.05) is 25.1 Å². The van der Waals surface area contributed by atoms with E-state index in [-0.39, 0.29) is 12.5 Å². The van der Waals surface area contributed by atoms with Crippen molar-refractivity contribution in [2.45, 2.75) is 52.4 Å². The van der Waals surface area contributed by atoms with E-state index in [0.29, 0.717) is 35.3 Å². The first-order chi connectivity index (χ1) is 18.6. The lowest BCUT2D eigenvalue weighted by molar-refractivity contribution is -0.145. The van der Waals surface area contributed by atoms with Crippen LogP contribution in [0.5, 0.6) is 11.5 Å². The molecule has 200 valence electrons. The van der Waals surface area contributed by atoms with Crippen molar-refractivity contribution in [2.24, 2.45) is 4.99 Å². The third kappa shape index (κ3) is 7.22. The Hall–Kier alpha value is -3.65. The maximum atomic E-state index is 13.5. The van der Waals surface area contributed by atoms with Crippen molar-refractivity contribution < 1.29 is 23.8 Å². The van der Waals surface area contributed by atoms with Crippen LogP contribution in [0, 0.1) is 0 Å². The zero-order chi connectivity index (χ0) is 26.7. The van der Waals surface area contributed by atoms with Gasteiger partial charge in [0, 0.05) is 16.8 Å². The highest BCUT2D eigenvalue weighted by Crippen LogP contribution is 2.39. The summed E-state index contributed by atoms with van der Waals surface area (Å²) in [6.45, 7) is 4.18. The number of rotatable bonds is 10. The Balaban J connectivity index is 1.61. The molecule has 0 fully saturated rings. The summed E-state index contributed by atoms with van der Waals surface area (Å²) in [7, 11) is 0. The summed E-state index contributed by atoms with van der Waals surface area (Å²) in [6, 6.07) is 14.9. The second-order valence-corrected chi connectivity index (χ2v) is 9.99. The standard InChI is InChI=1S/C30H34N2O5S/c1-3-35-25-18-21(16-17-24(25)37-20-27(33)36-4-2)19-31-30-28(29(34)32-22-12-8-7-9-13-22)23-14-10-5-6-11-15-26(23)38-30/h7-9,12-13,16-19H,3-6,10-11,14-15,20H2,1-2H3,(H,32,34). The van der Waals surface area contributed by atoms with Crippen molar-refractivity contribution in [3.8, 4) is 11.5 Å². The highest BCUT2D eigenvalue weighted by Gasteiger charge is 2.24. The van der Waals surface area contributed by atoms with Crippen LogP contribution in [0.4, 0.5) is 10.7 Å². The third-order valence-electron chi connectivity index (χ3n) is 6.16. The van der Waals surface area contributed by atoms with E-state index in [0.717, 1.165) is 42.5 Å². The zero-order valence-electron chi connectivity index (χ0n) is 22.0. The van der Waals surface area contributed by atoms with Crippen molar-refractivity contribution in [3.63, 3.8) is 0 Å². The SMILES string of the molecule is CCOC(=O)COc1ccc(C=Nc2sc3c(c2C(=O)Nc2ccccc2)CCCCCC3)cc1OCC. The molecule has 1 aliphatic rings. The fraction of sp³-hybridized carbons (Fsp3) is 0.367. The number of thiophene rings is 1. The Labute approximate surface area is 227 Å². The lowest BCUT2D eigenvalue weighted by Gasteiger charge is -2.12. The Bertz CT molecular complexity index is 1270. The number of para-hydroxylation sites is 1. The first-order valence-corrected chi connectivity index (χ1v) is 14.0. The van der Waals surface area contributed by atoms with Crippen molar-refractivity contribution >= 4 is 40.1 Å². The van der Waals surface area contributed by atoms with E-state index in [9.17, 15) is 9.59 Å². The number of aryl methyl sites for hydroxylation is 1. The molecule has 0 bridgehead atoms. The summed E-state index contributed by atoms with van der Waals surface area (Å²) in [5.41, 5.74) is 3.37. The van der Waals surface area contributed by atoms with Gasteiger partial charge in [-0.15, -0.1) is 11.3 Å². The minimum atomic E-state index is -0.435. The Morgan fingerprint density at radius 3 is 2.50 bits per heavy atom. The van der Waals surface area contributed by atoms with Gasteiger partial charge in [-0.1, -0.05) is 31.0 Å². The number of hydrogen-bond acceptors (Lipinski definition) is 7. The number of esters is 1. The summed E-state index contributed by atoms with van der Waals surface area (Å²) >= 11 is 1.61. The van der Waals surface area contributed by atoms with Crippen molar-refractivity contribution in [1.29, 1.82) is 0 Å². The van der Waals surface area contributed by atoms with E-state index in [1.165, 1.54) is 17.7 Å². The van der Waals surface area contributed by atoms with Crippen molar-refractivity contribution in [1.82, 2.24) is 0 Å². The number of fused-ring (bicyclic) bond motifs is 1. The predicted molar refractivity (Wildman–Crippen MR) is 152 cm³/mol.